The summed E-state index contributed by atoms with van der Waals surface area (Å²) in [6, 6.07) is 45.0. The standard InChI is InChI=1S/C35H22.2ClH.Ti/c1-3-7-30-22(5-1)9-11-24-13-17-28-26(15-19-32(28)34(24)30)21-27-16-20-33-29(27)18-14-25-12-10-23-6-2-4-8-31(23)35(25)33;;;/h1-20H,21H2;2*1H;/q-2;;;+4/p-2. The van der Waals surface area contributed by atoms with Gasteiger partial charge in [-0.2, -0.15) is 0 Å². The Balaban J connectivity index is 0.000000980. The molecule has 4 aromatic carbocycles. The molecule has 0 spiro atoms. The van der Waals surface area contributed by atoms with Gasteiger partial charge in [0.1, 0.15) is 0 Å². The third-order valence-electron chi connectivity index (χ3n) is 7.88. The van der Waals surface area contributed by atoms with Crippen molar-refractivity contribution in [1.29, 1.82) is 0 Å². The van der Waals surface area contributed by atoms with Gasteiger partial charge in [0.2, 0.25) is 0 Å². The van der Waals surface area contributed by atoms with Gasteiger partial charge in [0.25, 0.3) is 0 Å². The van der Waals surface area contributed by atoms with E-state index in [0.717, 1.165) is 6.42 Å². The molecule has 0 nitrogen and oxygen atoms in total. The largest absolute Gasteiger partial charge is 4.00 e. The quantitative estimate of drug-likeness (QED) is 0.172. The van der Waals surface area contributed by atoms with Crippen molar-refractivity contribution >= 4 is 43.1 Å². The first-order valence-electron chi connectivity index (χ1n) is 12.3. The Morgan fingerprint density at radius 2 is 0.895 bits per heavy atom. The minimum absolute atomic E-state index is 0. The van der Waals surface area contributed by atoms with Gasteiger partial charge in [-0.15, -0.1) is 47.2 Å². The molecule has 8 rings (SSSR count). The average Bonchev–Trinajstić information content (AvgIpc) is 3.52. The number of halogens is 2. The molecule has 0 aliphatic heterocycles. The fraction of sp³-hybridized carbons (Fsp3) is 0.0286. The summed E-state index contributed by atoms with van der Waals surface area (Å²) in [5, 5.41) is 10.6. The van der Waals surface area contributed by atoms with Crippen LogP contribution in [0.1, 0.15) is 11.1 Å². The van der Waals surface area contributed by atoms with E-state index in [2.05, 4.69) is 121 Å². The van der Waals surface area contributed by atoms with Crippen molar-refractivity contribution in [3.63, 3.8) is 0 Å². The summed E-state index contributed by atoms with van der Waals surface area (Å²) in [4.78, 5) is 0. The Labute approximate surface area is 249 Å². The van der Waals surface area contributed by atoms with Crippen LogP contribution in [0.25, 0.3) is 65.3 Å². The van der Waals surface area contributed by atoms with Crippen molar-refractivity contribution < 1.29 is 46.5 Å². The number of hydrogen-bond acceptors (Lipinski definition) is 0. The maximum Gasteiger partial charge on any atom is 4.00 e. The topological polar surface area (TPSA) is 0 Å². The molecule has 0 radical (unpaired) electrons. The van der Waals surface area contributed by atoms with E-state index < -0.39 is 0 Å². The molecule has 4 aliphatic rings. The van der Waals surface area contributed by atoms with Gasteiger partial charge in [0.15, 0.2) is 0 Å². The Morgan fingerprint density at radius 1 is 0.447 bits per heavy atom. The number of rotatable bonds is 2. The van der Waals surface area contributed by atoms with E-state index in [1.807, 2.05) is 0 Å². The molecule has 0 fully saturated rings. The predicted molar refractivity (Wildman–Crippen MR) is 150 cm³/mol. The van der Waals surface area contributed by atoms with Crippen molar-refractivity contribution in [2.75, 3.05) is 0 Å². The first-order valence-corrected chi connectivity index (χ1v) is 12.3. The third kappa shape index (κ3) is 3.87. The second-order valence-electron chi connectivity index (χ2n) is 9.72. The van der Waals surface area contributed by atoms with Crippen molar-refractivity contribution in [2.24, 2.45) is 0 Å². The summed E-state index contributed by atoms with van der Waals surface area (Å²) in [6.07, 6.45) is 0.944. The zero-order valence-electron chi connectivity index (χ0n) is 20.5. The van der Waals surface area contributed by atoms with E-state index >= 15 is 0 Å². The maximum atomic E-state index is 2.33. The maximum absolute atomic E-state index is 2.33. The fourth-order valence-corrected chi connectivity index (χ4v) is 6.22. The molecule has 3 heteroatoms. The zero-order valence-corrected chi connectivity index (χ0v) is 23.6. The summed E-state index contributed by atoms with van der Waals surface area (Å²) < 4.78 is 0. The van der Waals surface area contributed by atoms with Crippen molar-refractivity contribution in [3.05, 3.63) is 132 Å². The van der Waals surface area contributed by atoms with Crippen LogP contribution in [0.5, 0.6) is 0 Å². The monoisotopic (exact) mass is 560 g/mol. The van der Waals surface area contributed by atoms with E-state index in [1.54, 1.807) is 0 Å². The van der Waals surface area contributed by atoms with Crippen molar-refractivity contribution in [3.8, 4) is 22.3 Å². The SMILES string of the molecule is [Cl-].[Cl-].[Ti+4].c1ccc2c(c1)ccc1[cH-]cc3c(Cc4ccc5c6c(ccc7ccccc76)[cH-]cc4-5)ccc-3c12. The Kier molecular flexibility index (Phi) is 7.12. The minimum atomic E-state index is 0. The van der Waals surface area contributed by atoms with Gasteiger partial charge in [-0.25, -0.2) is 0 Å². The van der Waals surface area contributed by atoms with Crippen LogP contribution in [-0.2, 0) is 28.1 Å². The molecule has 180 valence electrons. The zero-order chi connectivity index (χ0) is 22.9. The van der Waals surface area contributed by atoms with Crippen molar-refractivity contribution in [2.45, 2.75) is 6.42 Å². The van der Waals surface area contributed by atoms with Gasteiger partial charge in [-0.05, 0) is 17.2 Å². The Bertz CT molecular complexity index is 1850. The molecule has 0 amide bonds. The van der Waals surface area contributed by atoms with E-state index in [1.165, 1.54) is 76.5 Å². The van der Waals surface area contributed by atoms with Gasteiger partial charge in [0, 0.05) is 0 Å². The molecule has 0 saturated heterocycles. The van der Waals surface area contributed by atoms with Gasteiger partial charge in [0.05, 0.1) is 0 Å². The van der Waals surface area contributed by atoms with Gasteiger partial charge in [-0.3, -0.25) is 0 Å². The van der Waals surface area contributed by atoms with Crippen LogP contribution in [0.3, 0.4) is 0 Å². The second-order valence-corrected chi connectivity index (χ2v) is 9.72. The molecule has 0 bridgehead atoms. The van der Waals surface area contributed by atoms with Gasteiger partial charge >= 0.3 is 21.7 Å². The molecule has 0 N–H and O–H groups in total. The van der Waals surface area contributed by atoms with Crippen LogP contribution in [0.2, 0.25) is 0 Å². The molecule has 0 atom stereocenters. The predicted octanol–water partition coefficient (Wildman–Crippen LogP) is 3.54. The number of hydrogen-bond donors (Lipinski definition) is 0. The summed E-state index contributed by atoms with van der Waals surface area (Å²) in [6.45, 7) is 0. The van der Waals surface area contributed by atoms with Crippen LogP contribution in [-0.4, -0.2) is 0 Å². The van der Waals surface area contributed by atoms with E-state index in [9.17, 15) is 0 Å². The molecule has 0 aromatic heterocycles. The summed E-state index contributed by atoms with van der Waals surface area (Å²) >= 11 is 0. The van der Waals surface area contributed by atoms with Gasteiger partial charge < -0.3 is 24.8 Å². The molecule has 4 aliphatic carbocycles. The summed E-state index contributed by atoms with van der Waals surface area (Å²) in [5.41, 5.74) is 8.27. The Hall–Kier alpha value is -3.13. The summed E-state index contributed by atoms with van der Waals surface area (Å²) in [5.74, 6) is 0. The average molecular weight is 561 g/mol. The first kappa shape index (κ1) is 26.5. The van der Waals surface area contributed by atoms with Crippen LogP contribution < -0.4 is 24.8 Å². The molecule has 4 aromatic rings. The molecule has 0 saturated carbocycles. The minimum Gasteiger partial charge on any atom is -1.00 e. The normalized spacial score (nSPS) is 11.2. The first-order chi connectivity index (χ1) is 17.3. The molecule has 0 heterocycles. The molecular weight excluding hydrogens is 539 g/mol. The van der Waals surface area contributed by atoms with Gasteiger partial charge in [-0.1, -0.05) is 140 Å². The Morgan fingerprint density at radius 3 is 1.37 bits per heavy atom. The van der Waals surface area contributed by atoms with E-state index in [4.69, 9.17) is 0 Å². The number of fused-ring (bicyclic) bond motifs is 10. The van der Waals surface area contributed by atoms with E-state index in [-0.39, 0.29) is 46.5 Å². The molecule has 38 heavy (non-hydrogen) atoms. The number of benzene rings is 6. The smallest absolute Gasteiger partial charge is 1.00 e. The van der Waals surface area contributed by atoms with E-state index in [0.29, 0.717) is 0 Å². The van der Waals surface area contributed by atoms with Crippen LogP contribution in [0.15, 0.2) is 121 Å². The molecule has 0 unspecified atom stereocenters. The third-order valence-corrected chi connectivity index (χ3v) is 7.88. The molecular formula is C35H22Cl2Ti. The second kappa shape index (κ2) is 10.2. The van der Waals surface area contributed by atoms with Crippen molar-refractivity contribution in [1.82, 2.24) is 0 Å². The summed E-state index contributed by atoms with van der Waals surface area (Å²) in [7, 11) is 0. The fourth-order valence-electron chi connectivity index (χ4n) is 6.22. The van der Waals surface area contributed by atoms with Crippen LogP contribution in [0, 0.1) is 0 Å². The van der Waals surface area contributed by atoms with Crippen LogP contribution >= 0.6 is 0 Å². The van der Waals surface area contributed by atoms with Crippen LogP contribution in [0.4, 0.5) is 0 Å².